The third kappa shape index (κ3) is 1.87. The van der Waals surface area contributed by atoms with Gasteiger partial charge in [0, 0.05) is 18.5 Å². The monoisotopic (exact) mass is 254 g/mol. The Morgan fingerprint density at radius 3 is 2.94 bits per heavy atom. The highest BCUT2D eigenvalue weighted by Gasteiger charge is 2.44. The highest BCUT2D eigenvalue weighted by Crippen LogP contribution is 2.40. The van der Waals surface area contributed by atoms with E-state index in [9.17, 15) is 4.79 Å². The molecule has 92 valence electrons. The maximum absolute atomic E-state index is 11.5. The van der Waals surface area contributed by atoms with E-state index in [1.165, 1.54) is 5.56 Å². The van der Waals surface area contributed by atoms with E-state index in [0.717, 1.165) is 24.2 Å². The van der Waals surface area contributed by atoms with Gasteiger partial charge in [-0.25, -0.2) is 4.79 Å². The lowest BCUT2D eigenvalue weighted by atomic mass is 9.89. The number of amides is 1. The van der Waals surface area contributed by atoms with E-state index in [0.29, 0.717) is 6.54 Å². The van der Waals surface area contributed by atoms with E-state index in [-0.39, 0.29) is 18.5 Å². The van der Waals surface area contributed by atoms with Gasteiger partial charge in [0.15, 0.2) is 5.60 Å². The minimum Gasteiger partial charge on any atom is -0.436 e. The highest BCUT2D eigenvalue weighted by molar-refractivity contribution is 5.89. The Labute approximate surface area is 106 Å². The Hall–Kier alpha value is -1.26. The lowest BCUT2D eigenvalue weighted by Gasteiger charge is -2.35. The fourth-order valence-corrected chi connectivity index (χ4v) is 2.50. The Balaban J connectivity index is 0.00000108. The zero-order chi connectivity index (χ0) is 11.2. The average Bonchev–Trinajstić information content (AvgIpc) is 2.69. The molecule has 1 unspecified atom stereocenters. The van der Waals surface area contributed by atoms with Crippen LogP contribution in [-0.4, -0.2) is 19.2 Å². The zero-order valence-corrected chi connectivity index (χ0v) is 10.4. The number of halogens is 1. The summed E-state index contributed by atoms with van der Waals surface area (Å²) < 4.78 is 5.50. The van der Waals surface area contributed by atoms with E-state index in [1.807, 2.05) is 19.1 Å². The van der Waals surface area contributed by atoms with Crippen LogP contribution in [0, 0.1) is 6.92 Å². The first-order valence-corrected chi connectivity index (χ1v) is 5.51. The minimum absolute atomic E-state index is 0. The first-order valence-electron chi connectivity index (χ1n) is 5.51. The topological polar surface area (TPSA) is 50.4 Å². The smallest absolute Gasteiger partial charge is 0.412 e. The summed E-state index contributed by atoms with van der Waals surface area (Å²) in [5, 5.41) is 6.01. The lowest BCUT2D eigenvalue weighted by Crippen LogP contribution is -2.41. The molecule has 3 rings (SSSR count). The van der Waals surface area contributed by atoms with Gasteiger partial charge in [0.25, 0.3) is 0 Å². The Bertz CT molecular complexity index is 456. The van der Waals surface area contributed by atoms with Crippen LogP contribution in [0.15, 0.2) is 18.2 Å². The van der Waals surface area contributed by atoms with Crippen LogP contribution in [0.4, 0.5) is 10.5 Å². The van der Waals surface area contributed by atoms with Crippen molar-refractivity contribution in [3.63, 3.8) is 0 Å². The second-order valence-electron chi connectivity index (χ2n) is 4.48. The summed E-state index contributed by atoms with van der Waals surface area (Å²) in [5.41, 5.74) is 2.70. The van der Waals surface area contributed by atoms with Crippen molar-refractivity contribution in [1.29, 1.82) is 0 Å². The van der Waals surface area contributed by atoms with Crippen molar-refractivity contribution in [1.82, 2.24) is 5.32 Å². The van der Waals surface area contributed by atoms with Gasteiger partial charge in [-0.1, -0.05) is 11.6 Å². The number of ether oxygens (including phenoxy) is 1. The van der Waals surface area contributed by atoms with Crippen LogP contribution in [0.1, 0.15) is 17.5 Å². The molecule has 1 saturated heterocycles. The van der Waals surface area contributed by atoms with Gasteiger partial charge in [-0.15, -0.1) is 12.4 Å². The molecule has 1 fully saturated rings. The van der Waals surface area contributed by atoms with E-state index in [1.54, 1.807) is 0 Å². The predicted molar refractivity (Wildman–Crippen MR) is 67.7 cm³/mol. The van der Waals surface area contributed by atoms with E-state index >= 15 is 0 Å². The Kier molecular flexibility index (Phi) is 3.02. The van der Waals surface area contributed by atoms with Crippen LogP contribution < -0.4 is 10.6 Å². The predicted octanol–water partition coefficient (Wildman–Crippen LogP) is 2.17. The SMILES string of the molecule is Cc1ccc2c(c1)C1(CCNC1)OC(=O)N2.Cl. The molecule has 1 aromatic rings. The number of carbonyl (C=O) groups is 1. The molecule has 0 radical (unpaired) electrons. The highest BCUT2D eigenvalue weighted by atomic mass is 35.5. The molecule has 0 aromatic heterocycles. The Morgan fingerprint density at radius 1 is 1.41 bits per heavy atom. The standard InChI is InChI=1S/C12H14N2O2.ClH/c1-8-2-3-10-9(6-8)12(4-5-13-7-12)16-11(15)14-10;/h2-3,6,13H,4-5,7H2,1H3,(H,14,15);1H. The van der Waals surface area contributed by atoms with Crippen molar-refractivity contribution >= 4 is 24.2 Å². The van der Waals surface area contributed by atoms with Crippen LogP contribution in [0.3, 0.4) is 0 Å². The first-order chi connectivity index (χ1) is 7.70. The van der Waals surface area contributed by atoms with Crippen LogP contribution >= 0.6 is 12.4 Å². The van der Waals surface area contributed by atoms with Gasteiger partial charge >= 0.3 is 6.09 Å². The number of rotatable bonds is 0. The Morgan fingerprint density at radius 2 is 2.24 bits per heavy atom. The van der Waals surface area contributed by atoms with E-state index < -0.39 is 5.60 Å². The number of fused-ring (bicyclic) bond motifs is 2. The van der Waals surface area contributed by atoms with Gasteiger partial charge < -0.3 is 10.1 Å². The molecular weight excluding hydrogens is 240 g/mol. The third-order valence-corrected chi connectivity index (χ3v) is 3.31. The molecule has 0 aliphatic carbocycles. The molecule has 4 nitrogen and oxygen atoms in total. The fourth-order valence-electron chi connectivity index (χ4n) is 2.50. The quantitative estimate of drug-likeness (QED) is 0.746. The molecule has 17 heavy (non-hydrogen) atoms. The maximum Gasteiger partial charge on any atom is 0.412 e. The fraction of sp³-hybridized carbons (Fsp3) is 0.417. The van der Waals surface area contributed by atoms with Crippen molar-refractivity contribution in [2.45, 2.75) is 18.9 Å². The first kappa shape index (κ1) is 12.2. The maximum atomic E-state index is 11.5. The molecule has 0 bridgehead atoms. The number of aryl methyl sites for hydroxylation is 1. The molecule has 0 saturated carbocycles. The molecule has 2 aliphatic rings. The number of carbonyl (C=O) groups excluding carboxylic acids is 1. The lowest BCUT2D eigenvalue weighted by molar-refractivity contribution is 0.0277. The number of hydrogen-bond donors (Lipinski definition) is 2. The summed E-state index contributed by atoms with van der Waals surface area (Å²) in [6, 6.07) is 6.05. The molecule has 2 N–H and O–H groups in total. The largest absolute Gasteiger partial charge is 0.436 e. The molecule has 1 spiro atoms. The van der Waals surface area contributed by atoms with Crippen LogP contribution in [0.5, 0.6) is 0 Å². The van der Waals surface area contributed by atoms with Gasteiger partial charge in [-0.05, 0) is 25.6 Å². The minimum atomic E-state index is -0.455. The van der Waals surface area contributed by atoms with Gasteiger partial charge in [-0.3, -0.25) is 5.32 Å². The van der Waals surface area contributed by atoms with Crippen LogP contribution in [-0.2, 0) is 10.3 Å². The summed E-state index contributed by atoms with van der Waals surface area (Å²) in [4.78, 5) is 11.5. The molecule has 1 amide bonds. The number of benzene rings is 1. The van der Waals surface area contributed by atoms with Gasteiger partial charge in [0.1, 0.15) is 0 Å². The van der Waals surface area contributed by atoms with Gasteiger partial charge in [0.2, 0.25) is 0 Å². The normalized spacial score (nSPS) is 25.8. The van der Waals surface area contributed by atoms with Crippen LogP contribution in [0.2, 0.25) is 0 Å². The second kappa shape index (κ2) is 4.20. The summed E-state index contributed by atoms with van der Waals surface area (Å²) in [6.07, 6.45) is 0.497. The summed E-state index contributed by atoms with van der Waals surface area (Å²) >= 11 is 0. The van der Waals surface area contributed by atoms with E-state index in [2.05, 4.69) is 16.7 Å². The summed E-state index contributed by atoms with van der Waals surface area (Å²) in [5.74, 6) is 0. The summed E-state index contributed by atoms with van der Waals surface area (Å²) in [6.45, 7) is 3.64. The number of hydrogen-bond acceptors (Lipinski definition) is 3. The van der Waals surface area contributed by atoms with Crippen molar-refractivity contribution in [3.05, 3.63) is 29.3 Å². The average molecular weight is 255 g/mol. The molecule has 1 aromatic carbocycles. The van der Waals surface area contributed by atoms with Crippen molar-refractivity contribution in [2.75, 3.05) is 18.4 Å². The zero-order valence-electron chi connectivity index (χ0n) is 9.58. The van der Waals surface area contributed by atoms with Crippen molar-refractivity contribution in [3.8, 4) is 0 Å². The molecule has 5 heteroatoms. The van der Waals surface area contributed by atoms with Gasteiger partial charge in [0.05, 0.1) is 5.69 Å². The summed E-state index contributed by atoms with van der Waals surface area (Å²) in [7, 11) is 0. The van der Waals surface area contributed by atoms with Crippen molar-refractivity contribution < 1.29 is 9.53 Å². The number of nitrogens with one attached hydrogen (secondary N) is 2. The van der Waals surface area contributed by atoms with Crippen molar-refractivity contribution in [2.24, 2.45) is 0 Å². The number of anilines is 1. The molecule has 2 heterocycles. The van der Waals surface area contributed by atoms with E-state index in [4.69, 9.17) is 4.74 Å². The second-order valence-corrected chi connectivity index (χ2v) is 4.48. The third-order valence-electron chi connectivity index (χ3n) is 3.31. The molecular formula is C12H15ClN2O2. The van der Waals surface area contributed by atoms with Gasteiger partial charge in [-0.2, -0.15) is 0 Å². The molecule has 1 atom stereocenters. The van der Waals surface area contributed by atoms with Crippen LogP contribution in [0.25, 0.3) is 0 Å². The molecule has 2 aliphatic heterocycles.